The molecule has 3 atom stereocenters. The van der Waals surface area contributed by atoms with Crippen LogP contribution in [0.5, 0.6) is 0 Å². The highest BCUT2D eigenvalue weighted by atomic mass is 16.5. The molecule has 2 aliphatic rings. The number of ether oxygens (including phenoxy) is 1. The SMILES string of the molecule is CC(CN)CCC(=O)NC1CCOC1C1CC1. The van der Waals surface area contributed by atoms with Crippen molar-refractivity contribution in [2.45, 2.75) is 51.2 Å². The maximum atomic E-state index is 11.8. The summed E-state index contributed by atoms with van der Waals surface area (Å²) in [6.45, 7) is 3.54. The predicted octanol–water partition coefficient (Wildman–Crippen LogP) is 1.05. The molecule has 0 bridgehead atoms. The maximum absolute atomic E-state index is 11.8. The van der Waals surface area contributed by atoms with Crippen LogP contribution in [0, 0.1) is 11.8 Å². The second-order valence-corrected chi connectivity index (χ2v) is 5.52. The molecule has 1 aliphatic heterocycles. The monoisotopic (exact) mass is 240 g/mol. The number of hydrogen-bond acceptors (Lipinski definition) is 3. The molecule has 3 N–H and O–H groups in total. The Hall–Kier alpha value is -0.610. The van der Waals surface area contributed by atoms with E-state index in [0.717, 1.165) is 19.4 Å². The molecule has 2 fully saturated rings. The molecule has 1 amide bonds. The summed E-state index contributed by atoms with van der Waals surface area (Å²) < 4.78 is 5.70. The summed E-state index contributed by atoms with van der Waals surface area (Å²) in [7, 11) is 0. The van der Waals surface area contributed by atoms with E-state index in [-0.39, 0.29) is 18.1 Å². The third-order valence-corrected chi connectivity index (χ3v) is 3.84. The van der Waals surface area contributed by atoms with Crippen LogP contribution in [-0.4, -0.2) is 31.2 Å². The van der Waals surface area contributed by atoms with E-state index in [1.165, 1.54) is 12.8 Å². The van der Waals surface area contributed by atoms with Crippen molar-refractivity contribution in [2.24, 2.45) is 17.6 Å². The Morgan fingerprint density at radius 1 is 1.47 bits per heavy atom. The molecule has 1 heterocycles. The summed E-state index contributed by atoms with van der Waals surface area (Å²) in [5, 5.41) is 3.12. The van der Waals surface area contributed by atoms with Crippen molar-refractivity contribution >= 4 is 5.91 Å². The van der Waals surface area contributed by atoms with Crippen LogP contribution in [0.1, 0.15) is 39.0 Å². The smallest absolute Gasteiger partial charge is 0.220 e. The minimum absolute atomic E-state index is 0.159. The van der Waals surface area contributed by atoms with E-state index in [1.54, 1.807) is 0 Å². The largest absolute Gasteiger partial charge is 0.376 e. The minimum Gasteiger partial charge on any atom is -0.376 e. The molecule has 4 heteroatoms. The number of nitrogens with two attached hydrogens (primary N) is 1. The molecule has 3 unspecified atom stereocenters. The number of rotatable bonds is 6. The van der Waals surface area contributed by atoms with Crippen molar-refractivity contribution in [2.75, 3.05) is 13.2 Å². The molecule has 1 saturated carbocycles. The van der Waals surface area contributed by atoms with Crippen LogP contribution in [0.25, 0.3) is 0 Å². The van der Waals surface area contributed by atoms with E-state index in [1.807, 2.05) is 0 Å². The molecule has 2 rings (SSSR count). The van der Waals surface area contributed by atoms with Gasteiger partial charge in [0, 0.05) is 13.0 Å². The van der Waals surface area contributed by atoms with Crippen molar-refractivity contribution in [3.63, 3.8) is 0 Å². The first-order valence-electron chi connectivity index (χ1n) is 6.81. The van der Waals surface area contributed by atoms with Crippen molar-refractivity contribution < 1.29 is 9.53 Å². The van der Waals surface area contributed by atoms with E-state index < -0.39 is 0 Å². The fourth-order valence-electron chi connectivity index (χ4n) is 2.43. The number of hydrogen-bond donors (Lipinski definition) is 2. The van der Waals surface area contributed by atoms with Gasteiger partial charge in [-0.3, -0.25) is 4.79 Å². The lowest BCUT2D eigenvalue weighted by molar-refractivity contribution is -0.122. The van der Waals surface area contributed by atoms with E-state index >= 15 is 0 Å². The summed E-state index contributed by atoms with van der Waals surface area (Å²) in [5.74, 6) is 1.29. The molecule has 98 valence electrons. The molecule has 1 aliphatic carbocycles. The normalized spacial score (nSPS) is 30.2. The third kappa shape index (κ3) is 3.68. The zero-order chi connectivity index (χ0) is 12.3. The molecule has 0 aromatic carbocycles. The number of carbonyl (C=O) groups is 1. The molecular weight excluding hydrogens is 216 g/mol. The average Bonchev–Trinajstić information content (AvgIpc) is 3.07. The zero-order valence-corrected chi connectivity index (χ0v) is 10.7. The third-order valence-electron chi connectivity index (χ3n) is 3.84. The summed E-state index contributed by atoms with van der Waals surface area (Å²) in [5.41, 5.74) is 5.54. The maximum Gasteiger partial charge on any atom is 0.220 e. The van der Waals surface area contributed by atoms with Crippen LogP contribution in [-0.2, 0) is 9.53 Å². The number of nitrogens with one attached hydrogen (secondary N) is 1. The Kier molecular flexibility index (Phi) is 4.40. The van der Waals surface area contributed by atoms with Gasteiger partial charge in [0.2, 0.25) is 5.91 Å². The summed E-state index contributed by atoms with van der Waals surface area (Å²) in [6, 6.07) is 0.253. The highest BCUT2D eigenvalue weighted by Crippen LogP contribution is 2.38. The van der Waals surface area contributed by atoms with Crippen LogP contribution >= 0.6 is 0 Å². The van der Waals surface area contributed by atoms with Gasteiger partial charge in [-0.05, 0) is 44.1 Å². The first-order chi connectivity index (χ1) is 8.20. The Balaban J connectivity index is 1.70. The molecular formula is C13H24N2O2. The second-order valence-electron chi connectivity index (χ2n) is 5.52. The molecule has 0 aromatic heterocycles. The predicted molar refractivity (Wildman–Crippen MR) is 66.5 cm³/mol. The van der Waals surface area contributed by atoms with Gasteiger partial charge in [0.05, 0.1) is 12.1 Å². The van der Waals surface area contributed by atoms with Gasteiger partial charge < -0.3 is 15.8 Å². The van der Waals surface area contributed by atoms with E-state index in [9.17, 15) is 4.79 Å². The van der Waals surface area contributed by atoms with Crippen LogP contribution in [0.4, 0.5) is 0 Å². The van der Waals surface area contributed by atoms with Gasteiger partial charge in [-0.25, -0.2) is 0 Å². The van der Waals surface area contributed by atoms with Crippen molar-refractivity contribution in [3.05, 3.63) is 0 Å². The summed E-state index contributed by atoms with van der Waals surface area (Å²) in [6.07, 6.45) is 5.25. The Morgan fingerprint density at radius 2 is 2.24 bits per heavy atom. The molecule has 17 heavy (non-hydrogen) atoms. The van der Waals surface area contributed by atoms with Crippen LogP contribution in [0.3, 0.4) is 0 Å². The lowest BCUT2D eigenvalue weighted by Gasteiger charge is -2.19. The Morgan fingerprint density at radius 3 is 2.88 bits per heavy atom. The molecule has 0 aromatic rings. The topological polar surface area (TPSA) is 64.4 Å². The lowest BCUT2D eigenvalue weighted by atomic mass is 10.0. The fraction of sp³-hybridized carbons (Fsp3) is 0.923. The summed E-state index contributed by atoms with van der Waals surface area (Å²) in [4.78, 5) is 11.8. The van der Waals surface area contributed by atoms with Gasteiger partial charge in [-0.15, -0.1) is 0 Å². The van der Waals surface area contributed by atoms with Gasteiger partial charge in [0.1, 0.15) is 0 Å². The number of carbonyl (C=O) groups excluding carboxylic acids is 1. The first-order valence-corrected chi connectivity index (χ1v) is 6.81. The molecule has 0 spiro atoms. The van der Waals surface area contributed by atoms with E-state index in [2.05, 4.69) is 12.2 Å². The van der Waals surface area contributed by atoms with Crippen molar-refractivity contribution in [1.82, 2.24) is 5.32 Å². The van der Waals surface area contributed by atoms with Gasteiger partial charge in [0.25, 0.3) is 0 Å². The molecule has 4 nitrogen and oxygen atoms in total. The Labute approximate surface area is 103 Å². The van der Waals surface area contributed by atoms with E-state index in [4.69, 9.17) is 10.5 Å². The quantitative estimate of drug-likeness (QED) is 0.729. The van der Waals surface area contributed by atoms with Gasteiger partial charge in [-0.2, -0.15) is 0 Å². The first kappa shape index (κ1) is 12.8. The van der Waals surface area contributed by atoms with Crippen LogP contribution in [0.15, 0.2) is 0 Å². The molecule has 0 radical (unpaired) electrons. The minimum atomic E-state index is 0.159. The van der Waals surface area contributed by atoms with Crippen LogP contribution in [0.2, 0.25) is 0 Å². The van der Waals surface area contributed by atoms with Gasteiger partial charge >= 0.3 is 0 Å². The molecule has 1 saturated heterocycles. The standard InChI is InChI=1S/C13H24N2O2/c1-9(8-14)2-5-12(16)15-11-6-7-17-13(11)10-3-4-10/h9-11,13H,2-8,14H2,1H3,(H,15,16). The van der Waals surface area contributed by atoms with Crippen LogP contribution < -0.4 is 11.1 Å². The van der Waals surface area contributed by atoms with Gasteiger partial charge in [-0.1, -0.05) is 6.92 Å². The van der Waals surface area contributed by atoms with E-state index in [0.29, 0.717) is 24.8 Å². The number of amides is 1. The van der Waals surface area contributed by atoms with Crippen molar-refractivity contribution in [1.29, 1.82) is 0 Å². The fourth-order valence-corrected chi connectivity index (χ4v) is 2.43. The average molecular weight is 240 g/mol. The summed E-state index contributed by atoms with van der Waals surface area (Å²) >= 11 is 0. The highest BCUT2D eigenvalue weighted by molar-refractivity contribution is 5.76. The lowest BCUT2D eigenvalue weighted by Crippen LogP contribution is -2.41. The Bertz CT molecular complexity index is 266. The van der Waals surface area contributed by atoms with Gasteiger partial charge in [0.15, 0.2) is 0 Å². The van der Waals surface area contributed by atoms with Crippen molar-refractivity contribution in [3.8, 4) is 0 Å². The zero-order valence-electron chi connectivity index (χ0n) is 10.7. The highest BCUT2D eigenvalue weighted by Gasteiger charge is 2.41. The second kappa shape index (κ2) is 5.83.